The van der Waals surface area contributed by atoms with Crippen LogP contribution in [0.1, 0.15) is 16.8 Å². The van der Waals surface area contributed by atoms with Crippen molar-refractivity contribution in [2.45, 2.75) is 19.1 Å². The minimum Gasteiger partial charge on any atom is -0.357 e. The highest BCUT2D eigenvalue weighted by molar-refractivity contribution is 7.22. The number of benzene rings is 2. The first-order valence-corrected chi connectivity index (χ1v) is 9.60. The third-order valence-corrected chi connectivity index (χ3v) is 6.24. The van der Waals surface area contributed by atoms with Gasteiger partial charge in [-0.3, -0.25) is 0 Å². The van der Waals surface area contributed by atoms with Crippen LogP contribution in [0.15, 0.2) is 36.4 Å². The van der Waals surface area contributed by atoms with Crippen molar-refractivity contribution in [1.29, 1.82) is 0 Å². The van der Waals surface area contributed by atoms with Crippen LogP contribution in [-0.2, 0) is 19.1 Å². The van der Waals surface area contributed by atoms with Crippen molar-refractivity contribution in [2.24, 2.45) is 0 Å². The van der Waals surface area contributed by atoms with Gasteiger partial charge in [0.1, 0.15) is 0 Å². The number of aromatic nitrogens is 2. The fourth-order valence-corrected chi connectivity index (χ4v) is 4.87. The number of aromatic amines is 1. The van der Waals surface area contributed by atoms with Crippen LogP contribution in [0.25, 0.3) is 21.1 Å². The first-order chi connectivity index (χ1) is 12.9. The van der Waals surface area contributed by atoms with E-state index in [9.17, 15) is 13.2 Å². The third-order valence-electron chi connectivity index (χ3n) is 4.92. The van der Waals surface area contributed by atoms with Gasteiger partial charge in [-0.15, -0.1) is 0 Å². The van der Waals surface area contributed by atoms with Gasteiger partial charge in [0, 0.05) is 28.2 Å². The van der Waals surface area contributed by atoms with Gasteiger partial charge >= 0.3 is 6.18 Å². The molecule has 0 unspecified atom stereocenters. The summed E-state index contributed by atoms with van der Waals surface area (Å²) in [4.78, 5) is 9.77. The second kappa shape index (κ2) is 5.87. The number of fused-ring (bicyclic) bond motifs is 4. The minimum atomic E-state index is -4.41. The smallest absolute Gasteiger partial charge is 0.357 e. The number of alkyl halides is 3. The number of nitrogens with zero attached hydrogens (tertiary/aromatic N) is 2. The maximum Gasteiger partial charge on any atom is 0.418 e. The zero-order valence-electron chi connectivity index (χ0n) is 13.9. The van der Waals surface area contributed by atoms with E-state index in [4.69, 9.17) is 11.6 Å². The van der Waals surface area contributed by atoms with E-state index >= 15 is 0 Å². The number of rotatable bonds is 1. The molecule has 0 saturated carbocycles. The molecule has 1 N–H and O–H groups in total. The lowest BCUT2D eigenvalue weighted by Crippen LogP contribution is -2.30. The van der Waals surface area contributed by atoms with E-state index in [0.29, 0.717) is 27.9 Å². The molecule has 138 valence electrons. The summed E-state index contributed by atoms with van der Waals surface area (Å²) >= 11 is 7.41. The summed E-state index contributed by atoms with van der Waals surface area (Å²) in [5, 5.41) is 2.42. The molecule has 0 fully saturated rings. The highest BCUT2D eigenvalue weighted by Crippen LogP contribution is 2.39. The molecule has 2 aromatic carbocycles. The minimum absolute atomic E-state index is 0.0271. The second-order valence-corrected chi connectivity index (χ2v) is 8.04. The van der Waals surface area contributed by atoms with E-state index in [2.05, 4.69) is 9.97 Å². The Balaban J connectivity index is 1.54. The van der Waals surface area contributed by atoms with Gasteiger partial charge in [-0.2, -0.15) is 13.2 Å². The van der Waals surface area contributed by atoms with Crippen LogP contribution in [-0.4, -0.2) is 16.5 Å². The second-order valence-electron chi connectivity index (χ2n) is 6.59. The van der Waals surface area contributed by atoms with Crippen molar-refractivity contribution < 1.29 is 13.2 Å². The number of hydrogen-bond donors (Lipinski definition) is 1. The van der Waals surface area contributed by atoms with E-state index in [-0.39, 0.29) is 5.52 Å². The molecule has 0 radical (unpaired) electrons. The zero-order valence-corrected chi connectivity index (χ0v) is 15.5. The summed E-state index contributed by atoms with van der Waals surface area (Å²) < 4.78 is 40.3. The quantitative estimate of drug-likeness (QED) is 0.419. The monoisotopic (exact) mass is 407 g/mol. The van der Waals surface area contributed by atoms with E-state index in [1.807, 2.05) is 23.1 Å². The van der Waals surface area contributed by atoms with Gasteiger partial charge in [-0.25, -0.2) is 4.98 Å². The molecule has 4 aromatic rings. The molecule has 0 spiro atoms. The van der Waals surface area contributed by atoms with Crippen molar-refractivity contribution in [3.8, 4) is 0 Å². The Morgan fingerprint density at radius 1 is 1.19 bits per heavy atom. The number of para-hydroxylation sites is 1. The van der Waals surface area contributed by atoms with Gasteiger partial charge in [-0.05, 0) is 42.3 Å². The van der Waals surface area contributed by atoms with Crippen LogP contribution >= 0.6 is 22.9 Å². The maximum atomic E-state index is 13.3. The molecule has 0 saturated heterocycles. The molecule has 0 amide bonds. The van der Waals surface area contributed by atoms with Crippen molar-refractivity contribution in [2.75, 3.05) is 11.4 Å². The number of halogens is 4. The summed E-state index contributed by atoms with van der Waals surface area (Å²) in [5.41, 5.74) is 2.66. The molecule has 5 rings (SSSR count). The molecule has 1 aliphatic heterocycles. The van der Waals surface area contributed by atoms with Crippen molar-refractivity contribution in [1.82, 2.24) is 9.97 Å². The van der Waals surface area contributed by atoms with E-state index < -0.39 is 11.7 Å². The topological polar surface area (TPSA) is 31.9 Å². The molecule has 3 nitrogen and oxygen atoms in total. The number of thiazole rings is 1. The molecular formula is C19H13ClF3N3S. The van der Waals surface area contributed by atoms with Gasteiger partial charge in [0.2, 0.25) is 0 Å². The fraction of sp³-hybridized carbons (Fsp3) is 0.211. The number of nitrogens with one attached hydrogen (secondary N) is 1. The molecule has 2 aromatic heterocycles. The number of H-pyrrole nitrogens is 1. The van der Waals surface area contributed by atoms with Gasteiger partial charge in [-0.1, -0.05) is 29.0 Å². The predicted octanol–water partition coefficient (Wildman–Crippen LogP) is 6.01. The Bertz CT molecular complexity index is 1180. The average molecular weight is 408 g/mol. The van der Waals surface area contributed by atoms with Crippen LogP contribution in [0.3, 0.4) is 0 Å². The van der Waals surface area contributed by atoms with Crippen LogP contribution < -0.4 is 4.90 Å². The Labute approximate surface area is 161 Å². The van der Waals surface area contributed by atoms with Crippen molar-refractivity contribution in [3.05, 3.63) is 58.2 Å². The van der Waals surface area contributed by atoms with E-state index in [1.165, 1.54) is 23.0 Å². The Kier molecular flexibility index (Phi) is 3.67. The molecule has 0 bridgehead atoms. The lowest BCUT2D eigenvalue weighted by Gasteiger charge is -2.26. The first-order valence-electron chi connectivity index (χ1n) is 8.41. The molecule has 0 atom stereocenters. The highest BCUT2D eigenvalue weighted by Gasteiger charge is 2.34. The first kappa shape index (κ1) is 16.9. The van der Waals surface area contributed by atoms with E-state index in [0.717, 1.165) is 29.1 Å². The summed E-state index contributed by atoms with van der Waals surface area (Å²) in [5.74, 6) is 0. The molecular weight excluding hydrogens is 395 g/mol. The highest BCUT2D eigenvalue weighted by atomic mass is 35.5. The van der Waals surface area contributed by atoms with Crippen LogP contribution in [0, 0.1) is 0 Å². The normalized spacial score (nSPS) is 14.9. The lowest BCUT2D eigenvalue weighted by atomic mass is 10.0. The summed E-state index contributed by atoms with van der Waals surface area (Å²) in [6, 6.07) is 9.95. The number of hydrogen-bond acceptors (Lipinski definition) is 3. The summed E-state index contributed by atoms with van der Waals surface area (Å²) in [6.45, 7) is 1.29. The fourth-order valence-electron chi connectivity index (χ4n) is 3.68. The average Bonchev–Trinajstić information content (AvgIpc) is 3.20. The largest absolute Gasteiger partial charge is 0.418 e. The summed E-state index contributed by atoms with van der Waals surface area (Å²) in [6.07, 6.45) is -3.62. The predicted molar refractivity (Wildman–Crippen MR) is 103 cm³/mol. The van der Waals surface area contributed by atoms with Gasteiger partial charge in [0.15, 0.2) is 5.13 Å². The van der Waals surface area contributed by atoms with Crippen LogP contribution in [0.5, 0.6) is 0 Å². The molecule has 8 heteroatoms. The molecule has 1 aliphatic rings. The Morgan fingerprint density at radius 2 is 2.04 bits per heavy atom. The maximum absolute atomic E-state index is 13.3. The zero-order chi connectivity index (χ0) is 18.8. The van der Waals surface area contributed by atoms with E-state index in [1.54, 1.807) is 6.07 Å². The van der Waals surface area contributed by atoms with Crippen molar-refractivity contribution in [3.63, 3.8) is 0 Å². The Morgan fingerprint density at radius 3 is 2.85 bits per heavy atom. The van der Waals surface area contributed by atoms with Gasteiger partial charge in [0.05, 0.1) is 22.3 Å². The Hall–Kier alpha value is -2.25. The van der Waals surface area contributed by atoms with Gasteiger partial charge < -0.3 is 9.88 Å². The molecule has 3 heterocycles. The van der Waals surface area contributed by atoms with Gasteiger partial charge in [0.25, 0.3) is 0 Å². The number of anilines is 1. The molecule has 27 heavy (non-hydrogen) atoms. The lowest BCUT2D eigenvalue weighted by molar-refractivity contribution is -0.136. The SMILES string of the molecule is FC(F)(F)c1cccc2sc(N3CCc4c([nH]c5ccc(Cl)cc45)C3)nc12. The van der Waals surface area contributed by atoms with Crippen LogP contribution in [0.4, 0.5) is 18.3 Å². The van der Waals surface area contributed by atoms with Crippen molar-refractivity contribution >= 4 is 49.2 Å². The third kappa shape index (κ3) is 2.76. The standard InChI is InChI=1S/C19H13ClF3N3S/c20-10-4-5-14-12(8-10)11-6-7-26(9-15(11)24-14)18-25-17-13(19(21,22)23)2-1-3-16(17)27-18/h1-5,8,24H,6-7,9H2. The molecule has 0 aliphatic carbocycles. The van der Waals surface area contributed by atoms with Crippen LogP contribution in [0.2, 0.25) is 5.02 Å². The summed E-state index contributed by atoms with van der Waals surface area (Å²) in [7, 11) is 0.